The number of ether oxygens (including phenoxy) is 7. The molecule has 26 nitrogen and oxygen atoms in total. The van der Waals surface area contributed by atoms with E-state index in [4.69, 9.17) is 38.3 Å². The number of piperidine rings is 1. The number of nitrogens with zero attached hydrogens (tertiary/aromatic N) is 1. The van der Waals surface area contributed by atoms with Gasteiger partial charge in [-0.1, -0.05) is 99.6 Å². The Bertz CT molecular complexity index is 2680. The van der Waals surface area contributed by atoms with Crippen LogP contribution in [0.2, 0.25) is 0 Å². The number of hydrogen-bond donors (Lipinski definition) is 10. The highest BCUT2D eigenvalue weighted by Gasteiger charge is 2.53. The standard InChI is InChI=1S/C70H113N3O23S2/c1-40-17-13-12-14-18-41(2)56(90-10)35-50-23-21-47(8)70(89,96-50)65(84)67(86)73-26-16-15-19-51(73)68(87)95-57(36-52(75)43(4)32-46(7)61(80)64(83)60(79)45(6)31-40)44(5)33-49-22-24-55(58(34-49)91-11)92-27-28-93-69(88)94-29-30-97-98-39-48(9)72-66(85)42(3)20-25-59(78)71-37-53(76)62(81)63(82)54(77)38-74/h12-14,17-18,32,40,42-45,47-51,53-58,61-64,74,76-77,80-83,89H,15-16,19-31,33-39H2,1-11H3,(H,71,78)(H,72,85)/b14-12?,17-13+,41-18?,46-32+/t40-,42+,43-,44-,45-,47-,48-,49+,50+,51+,53+,54-,55-,56+,57+,58-,61-,62-,63-,64+,70-/m1/s1. The number of carbonyl (C=O) groups is 8. The third-order valence-corrected chi connectivity index (χ3v) is 21.7. The van der Waals surface area contributed by atoms with Gasteiger partial charge in [0.2, 0.25) is 17.6 Å². The number of rotatable bonds is 26. The average molecular weight is 1430 g/mol. The largest absolute Gasteiger partial charge is 0.508 e. The minimum Gasteiger partial charge on any atom is -0.460 e. The van der Waals surface area contributed by atoms with Crippen LogP contribution in [0.15, 0.2) is 47.6 Å². The molecule has 3 aliphatic heterocycles. The molecule has 0 aromatic carbocycles. The van der Waals surface area contributed by atoms with E-state index in [0.29, 0.717) is 69.3 Å². The van der Waals surface area contributed by atoms with Crippen LogP contribution in [-0.2, 0) is 66.7 Å². The van der Waals surface area contributed by atoms with Crippen LogP contribution in [0, 0.1) is 41.4 Å². The van der Waals surface area contributed by atoms with E-state index in [9.17, 15) is 74.1 Å². The van der Waals surface area contributed by atoms with Crippen molar-refractivity contribution in [2.45, 2.75) is 237 Å². The summed E-state index contributed by atoms with van der Waals surface area (Å²) in [4.78, 5) is 110. The minimum atomic E-state index is -2.49. The SMILES string of the molecule is CO[C@H]1C[C@@H]2CC[C@@H](C)[C@@](O)(O2)C(=O)C(=O)N2CCCC[C@H]2C(=O)O[C@H]([C@H](C)C[C@@H]2CC[C@@H](OCCOC(=O)OCCSSC[C@@H](C)NC(=O)[C@@H](C)CCC(=O)NC[C@H](O)[C@@H](O)[C@H](O)[C@H](O)CO)[C@H](OC)C2)CC(=O)[C@H](C)/C=C(\C)[C@@H](O)[C@@H](O)C(=O)[C@H](C)C[C@H](C)/C=C/C=CC=C1C. The number of cyclic esters (lactones) is 1. The zero-order valence-electron chi connectivity index (χ0n) is 59.0. The lowest BCUT2D eigenvalue weighted by Crippen LogP contribution is -2.61. The first-order chi connectivity index (χ1) is 46.4. The van der Waals surface area contributed by atoms with E-state index in [1.165, 1.54) is 34.6 Å². The molecule has 2 bridgehead atoms. The molecular weight excluding hydrogens is 1310 g/mol. The molecule has 558 valence electrons. The number of nitrogens with one attached hydrogen (secondary N) is 2. The van der Waals surface area contributed by atoms with Gasteiger partial charge in [-0.25, -0.2) is 9.59 Å². The third kappa shape index (κ3) is 27.3. The number of carbonyl (C=O) groups excluding carboxylic acids is 8. The maximum absolute atomic E-state index is 14.7. The van der Waals surface area contributed by atoms with Gasteiger partial charge >= 0.3 is 12.1 Å². The van der Waals surface area contributed by atoms with Crippen LogP contribution in [-0.4, -0.2) is 243 Å². The molecule has 3 amide bonds. The van der Waals surface area contributed by atoms with Gasteiger partial charge in [0.05, 0.1) is 43.7 Å². The number of ketones is 3. The van der Waals surface area contributed by atoms with Gasteiger partial charge in [0.15, 0.2) is 5.78 Å². The number of allylic oxidation sites excluding steroid dienone is 6. The molecule has 98 heavy (non-hydrogen) atoms. The van der Waals surface area contributed by atoms with Gasteiger partial charge in [-0.2, -0.15) is 0 Å². The zero-order chi connectivity index (χ0) is 73.0. The number of aliphatic hydroxyl groups is 8. The van der Waals surface area contributed by atoms with Crippen molar-refractivity contribution < 1.29 is 112 Å². The van der Waals surface area contributed by atoms with E-state index in [2.05, 4.69) is 10.6 Å². The average Bonchev–Trinajstić information content (AvgIpc) is 0.777. The Morgan fingerprint density at radius 1 is 0.796 bits per heavy atom. The third-order valence-electron chi connectivity index (χ3n) is 19.1. The second-order valence-electron chi connectivity index (χ2n) is 27.2. The van der Waals surface area contributed by atoms with Gasteiger partial charge < -0.3 is 89.5 Å². The smallest absolute Gasteiger partial charge is 0.460 e. The normalized spacial score (nSPS) is 31.7. The van der Waals surface area contributed by atoms with Gasteiger partial charge in [-0.05, 0) is 120 Å². The Hall–Kier alpha value is -4.66. The van der Waals surface area contributed by atoms with Gasteiger partial charge in [-0.15, -0.1) is 0 Å². The molecule has 10 N–H and O–H groups in total. The monoisotopic (exact) mass is 1430 g/mol. The van der Waals surface area contributed by atoms with E-state index < -0.39 is 145 Å². The number of amides is 3. The first kappa shape index (κ1) is 85.8. The highest BCUT2D eigenvalue weighted by Crippen LogP contribution is 2.38. The highest BCUT2D eigenvalue weighted by molar-refractivity contribution is 8.76. The van der Waals surface area contributed by atoms with Crippen molar-refractivity contribution in [2.24, 2.45) is 41.4 Å². The van der Waals surface area contributed by atoms with E-state index >= 15 is 0 Å². The fourth-order valence-corrected chi connectivity index (χ4v) is 14.8. The molecule has 3 heterocycles. The number of methoxy groups -OCH3 is 2. The Labute approximate surface area is 585 Å². The summed E-state index contributed by atoms with van der Waals surface area (Å²) in [5, 5.41) is 87.9. The molecule has 1 saturated carbocycles. The molecular formula is C70H113N3O23S2. The van der Waals surface area contributed by atoms with Crippen LogP contribution in [0.25, 0.3) is 0 Å². The fourth-order valence-electron chi connectivity index (χ4n) is 12.7. The van der Waals surface area contributed by atoms with E-state index in [1.807, 2.05) is 58.1 Å². The fraction of sp³-hybridized carbons (Fsp3) is 0.771. The van der Waals surface area contributed by atoms with Crippen molar-refractivity contribution in [3.05, 3.63) is 47.6 Å². The van der Waals surface area contributed by atoms with E-state index in [1.54, 1.807) is 41.9 Å². The topological polar surface area (TPSA) is 390 Å². The summed E-state index contributed by atoms with van der Waals surface area (Å²) in [6.07, 6.45) is 1.46. The second-order valence-corrected chi connectivity index (χ2v) is 29.9. The summed E-state index contributed by atoms with van der Waals surface area (Å²) in [6, 6.07) is -1.46. The van der Waals surface area contributed by atoms with Crippen LogP contribution in [0.1, 0.15) is 152 Å². The molecule has 2 saturated heterocycles. The van der Waals surface area contributed by atoms with E-state index in [-0.39, 0.29) is 106 Å². The van der Waals surface area contributed by atoms with Crippen molar-refractivity contribution in [1.82, 2.24) is 15.5 Å². The lowest BCUT2D eigenvalue weighted by Gasteiger charge is -2.42. The van der Waals surface area contributed by atoms with Crippen molar-refractivity contribution in [2.75, 3.05) is 65.2 Å². The zero-order valence-corrected chi connectivity index (χ0v) is 60.7. The molecule has 1 aliphatic carbocycles. The summed E-state index contributed by atoms with van der Waals surface area (Å²) in [5.74, 6) is -9.62. The molecule has 0 radical (unpaired) electrons. The van der Waals surface area contributed by atoms with E-state index in [0.717, 1.165) is 10.5 Å². The Balaban J connectivity index is 1.34. The van der Waals surface area contributed by atoms with Crippen LogP contribution in [0.4, 0.5) is 4.79 Å². The molecule has 4 aliphatic rings. The van der Waals surface area contributed by atoms with Gasteiger partial charge in [-0.3, -0.25) is 28.8 Å². The summed E-state index contributed by atoms with van der Waals surface area (Å²) >= 11 is 0. The summed E-state index contributed by atoms with van der Waals surface area (Å²) in [6.45, 7) is 14.4. The minimum absolute atomic E-state index is 0.000631. The number of hydrogen-bond acceptors (Lipinski definition) is 25. The number of aliphatic hydroxyl groups excluding tert-OH is 7. The summed E-state index contributed by atoms with van der Waals surface area (Å²) in [5.41, 5.74) is 1.04. The summed E-state index contributed by atoms with van der Waals surface area (Å²) in [7, 11) is 6.01. The van der Waals surface area contributed by atoms with Crippen molar-refractivity contribution in [1.29, 1.82) is 0 Å². The van der Waals surface area contributed by atoms with Crippen LogP contribution >= 0.6 is 21.6 Å². The number of fused-ring (bicyclic) bond motifs is 3. The number of esters is 1. The first-order valence-electron chi connectivity index (χ1n) is 34.6. The van der Waals surface area contributed by atoms with Crippen molar-refractivity contribution in [3.8, 4) is 0 Å². The van der Waals surface area contributed by atoms with Gasteiger partial charge in [0.25, 0.3) is 11.7 Å². The molecule has 3 fully saturated rings. The molecule has 0 aromatic heterocycles. The lowest BCUT2D eigenvalue weighted by molar-refractivity contribution is -0.265. The molecule has 4 rings (SSSR count). The van der Waals surface area contributed by atoms with Crippen LogP contribution in [0.3, 0.4) is 0 Å². The second kappa shape index (κ2) is 43.3. The molecule has 21 atom stereocenters. The van der Waals surface area contributed by atoms with Crippen LogP contribution < -0.4 is 10.6 Å². The predicted octanol–water partition coefficient (Wildman–Crippen LogP) is 4.56. The Morgan fingerprint density at radius 3 is 2.19 bits per heavy atom. The van der Waals surface area contributed by atoms with Gasteiger partial charge in [0.1, 0.15) is 61.7 Å². The first-order valence-corrected chi connectivity index (χ1v) is 37.1. The maximum Gasteiger partial charge on any atom is 0.508 e. The quantitative estimate of drug-likeness (QED) is 0.0186. The van der Waals surface area contributed by atoms with Crippen molar-refractivity contribution >= 4 is 68.8 Å². The molecule has 0 spiro atoms. The lowest BCUT2D eigenvalue weighted by atomic mass is 9.78. The van der Waals surface area contributed by atoms with Crippen molar-refractivity contribution in [3.63, 3.8) is 0 Å². The molecule has 0 aromatic rings. The Morgan fingerprint density at radius 2 is 1.50 bits per heavy atom. The van der Waals surface area contributed by atoms with Crippen LogP contribution in [0.5, 0.6) is 0 Å². The highest BCUT2D eigenvalue weighted by atomic mass is 33.1. The van der Waals surface area contributed by atoms with Gasteiger partial charge in [0, 0.05) is 87.8 Å². The molecule has 28 heteroatoms. The number of Topliss-reactive ketones (excluding diaryl/α,β-unsaturated/α-hetero) is 3. The summed E-state index contributed by atoms with van der Waals surface area (Å²) < 4.78 is 40.9. The molecule has 0 unspecified atom stereocenters. The Kier molecular flexibility index (Phi) is 37.9. The maximum atomic E-state index is 14.7. The predicted molar refractivity (Wildman–Crippen MR) is 366 cm³/mol.